The predicted molar refractivity (Wildman–Crippen MR) is 79.6 cm³/mol. The highest BCUT2D eigenvalue weighted by Crippen LogP contribution is 2.24. The highest BCUT2D eigenvalue weighted by molar-refractivity contribution is 7.09. The molecular formula is C15H20N2OS. The zero-order valence-electron chi connectivity index (χ0n) is 11.6. The van der Waals surface area contributed by atoms with Crippen LogP contribution in [-0.4, -0.2) is 10.1 Å². The summed E-state index contributed by atoms with van der Waals surface area (Å²) in [7, 11) is 0. The molecule has 0 fully saturated rings. The number of rotatable bonds is 5. The Morgan fingerprint density at radius 3 is 2.53 bits per heavy atom. The van der Waals surface area contributed by atoms with Gasteiger partial charge in [-0.05, 0) is 37.0 Å². The molecule has 0 aliphatic rings. The molecule has 4 heteroatoms. The number of benzene rings is 1. The van der Waals surface area contributed by atoms with Crippen molar-refractivity contribution in [1.82, 2.24) is 10.3 Å². The van der Waals surface area contributed by atoms with Gasteiger partial charge < -0.3 is 10.4 Å². The van der Waals surface area contributed by atoms with Gasteiger partial charge in [0.1, 0.15) is 10.8 Å². The zero-order chi connectivity index (χ0) is 13.8. The van der Waals surface area contributed by atoms with Gasteiger partial charge in [0.05, 0.1) is 6.04 Å². The van der Waals surface area contributed by atoms with Gasteiger partial charge in [-0.3, -0.25) is 0 Å². The molecule has 2 N–H and O–H groups in total. The van der Waals surface area contributed by atoms with Gasteiger partial charge in [-0.2, -0.15) is 0 Å². The summed E-state index contributed by atoms with van der Waals surface area (Å²) in [5.74, 6) is 0.399. The number of nitrogens with zero attached hydrogens (tertiary/aromatic N) is 1. The zero-order valence-corrected chi connectivity index (χ0v) is 12.4. The molecular weight excluding hydrogens is 256 g/mol. The van der Waals surface area contributed by atoms with Crippen LogP contribution in [0.1, 0.15) is 41.1 Å². The lowest BCUT2D eigenvalue weighted by Gasteiger charge is -2.15. The molecule has 1 unspecified atom stereocenters. The molecule has 1 atom stereocenters. The molecule has 3 nitrogen and oxygen atoms in total. The van der Waals surface area contributed by atoms with E-state index in [1.54, 1.807) is 11.3 Å². The van der Waals surface area contributed by atoms with Crippen molar-refractivity contribution >= 4 is 11.3 Å². The third-order valence-electron chi connectivity index (χ3n) is 3.26. The number of aromatic hydroxyl groups is 1. The van der Waals surface area contributed by atoms with Gasteiger partial charge in [-0.1, -0.05) is 19.1 Å². The maximum absolute atomic E-state index is 9.78. The van der Waals surface area contributed by atoms with Crippen molar-refractivity contribution in [2.45, 2.75) is 39.8 Å². The number of phenolic OH excluding ortho intramolecular Hbond substituents is 1. The van der Waals surface area contributed by atoms with Crippen LogP contribution in [-0.2, 0) is 6.54 Å². The number of aryl methyl sites for hydroxylation is 2. The minimum Gasteiger partial charge on any atom is -0.507 e. The van der Waals surface area contributed by atoms with Gasteiger partial charge in [-0.25, -0.2) is 4.98 Å². The van der Waals surface area contributed by atoms with Crippen molar-refractivity contribution in [2.24, 2.45) is 0 Å². The first kappa shape index (κ1) is 14.0. The Hall–Kier alpha value is -1.39. The Bertz CT molecular complexity index is 514. The Morgan fingerprint density at radius 1 is 1.32 bits per heavy atom. The van der Waals surface area contributed by atoms with Gasteiger partial charge in [0, 0.05) is 18.1 Å². The number of hydrogen-bond donors (Lipinski definition) is 2. The second kappa shape index (κ2) is 6.17. The Balaban J connectivity index is 2.06. The summed E-state index contributed by atoms with van der Waals surface area (Å²) in [6.45, 7) is 6.82. The highest BCUT2D eigenvalue weighted by atomic mass is 32.1. The van der Waals surface area contributed by atoms with Crippen LogP contribution in [0, 0.1) is 13.8 Å². The van der Waals surface area contributed by atoms with E-state index in [0.29, 0.717) is 11.8 Å². The highest BCUT2D eigenvalue weighted by Gasteiger charge is 2.11. The molecule has 19 heavy (non-hydrogen) atoms. The Morgan fingerprint density at radius 2 is 2.00 bits per heavy atom. The first-order valence-electron chi connectivity index (χ1n) is 6.53. The monoisotopic (exact) mass is 276 g/mol. The van der Waals surface area contributed by atoms with E-state index in [-0.39, 0.29) is 0 Å². The van der Waals surface area contributed by atoms with Crippen molar-refractivity contribution in [2.75, 3.05) is 0 Å². The average molecular weight is 276 g/mol. The van der Waals surface area contributed by atoms with Gasteiger partial charge >= 0.3 is 0 Å². The molecule has 1 heterocycles. The Labute approximate surface area is 118 Å². The average Bonchev–Trinajstić information content (AvgIpc) is 2.90. The number of nitrogens with one attached hydrogen (secondary N) is 1. The van der Waals surface area contributed by atoms with Crippen LogP contribution in [0.3, 0.4) is 0 Å². The van der Waals surface area contributed by atoms with E-state index in [1.165, 1.54) is 5.56 Å². The summed E-state index contributed by atoms with van der Waals surface area (Å²) in [4.78, 5) is 4.36. The molecule has 0 saturated heterocycles. The fourth-order valence-electron chi connectivity index (χ4n) is 2.20. The maximum atomic E-state index is 9.78. The Kier molecular flexibility index (Phi) is 4.56. The normalized spacial score (nSPS) is 12.6. The quantitative estimate of drug-likeness (QED) is 0.875. The molecule has 1 aromatic carbocycles. The molecule has 102 valence electrons. The second-order valence-corrected chi connectivity index (χ2v) is 5.72. The first-order chi connectivity index (χ1) is 9.11. The molecule has 0 aliphatic heterocycles. The van der Waals surface area contributed by atoms with Crippen molar-refractivity contribution in [3.05, 3.63) is 45.4 Å². The van der Waals surface area contributed by atoms with Gasteiger partial charge in [-0.15, -0.1) is 11.3 Å². The van der Waals surface area contributed by atoms with Crippen LogP contribution in [0.4, 0.5) is 0 Å². The third kappa shape index (κ3) is 3.33. The molecule has 0 saturated carbocycles. The molecule has 2 aromatic rings. The van der Waals surface area contributed by atoms with E-state index in [2.05, 4.69) is 17.2 Å². The third-order valence-corrected chi connectivity index (χ3v) is 4.15. The summed E-state index contributed by atoms with van der Waals surface area (Å²) >= 11 is 1.69. The van der Waals surface area contributed by atoms with E-state index >= 15 is 0 Å². The van der Waals surface area contributed by atoms with E-state index in [0.717, 1.165) is 29.1 Å². The number of phenols is 1. The molecule has 0 bridgehead atoms. The lowest BCUT2D eigenvalue weighted by molar-refractivity contribution is 0.465. The minimum absolute atomic E-state index is 0.300. The second-order valence-electron chi connectivity index (χ2n) is 4.79. The standard InChI is InChI=1S/C15H20N2OS/c1-4-13(15-16-5-6-19-15)17-9-12-7-10(2)14(18)11(3)8-12/h5-8,13,17-18H,4,9H2,1-3H3. The number of hydrogen-bond acceptors (Lipinski definition) is 4. The predicted octanol–water partition coefficient (Wildman–Crippen LogP) is 3.71. The largest absolute Gasteiger partial charge is 0.507 e. The maximum Gasteiger partial charge on any atom is 0.121 e. The van der Waals surface area contributed by atoms with Crippen molar-refractivity contribution in [1.29, 1.82) is 0 Å². The summed E-state index contributed by atoms with van der Waals surface area (Å²) in [5.41, 5.74) is 3.06. The lowest BCUT2D eigenvalue weighted by Crippen LogP contribution is -2.20. The summed E-state index contributed by atoms with van der Waals surface area (Å²) < 4.78 is 0. The van der Waals surface area contributed by atoms with Crippen LogP contribution < -0.4 is 5.32 Å². The molecule has 0 aliphatic carbocycles. The molecule has 0 radical (unpaired) electrons. The van der Waals surface area contributed by atoms with E-state index < -0.39 is 0 Å². The SMILES string of the molecule is CCC(NCc1cc(C)c(O)c(C)c1)c1nccs1. The molecule has 2 rings (SSSR count). The van der Waals surface area contributed by atoms with Crippen LogP contribution >= 0.6 is 11.3 Å². The van der Waals surface area contributed by atoms with Gasteiger partial charge in [0.15, 0.2) is 0 Å². The lowest BCUT2D eigenvalue weighted by atomic mass is 10.1. The smallest absolute Gasteiger partial charge is 0.121 e. The van der Waals surface area contributed by atoms with Gasteiger partial charge in [0.2, 0.25) is 0 Å². The van der Waals surface area contributed by atoms with Gasteiger partial charge in [0.25, 0.3) is 0 Å². The van der Waals surface area contributed by atoms with Crippen molar-refractivity contribution in [3.8, 4) is 5.75 Å². The van der Waals surface area contributed by atoms with E-state index in [4.69, 9.17) is 0 Å². The van der Waals surface area contributed by atoms with Crippen LogP contribution in [0.15, 0.2) is 23.7 Å². The molecule has 0 amide bonds. The van der Waals surface area contributed by atoms with Crippen LogP contribution in [0.25, 0.3) is 0 Å². The number of thiazole rings is 1. The number of aromatic nitrogens is 1. The molecule has 0 spiro atoms. The summed E-state index contributed by atoms with van der Waals surface area (Å²) in [5, 5.41) is 16.4. The van der Waals surface area contributed by atoms with Crippen molar-refractivity contribution in [3.63, 3.8) is 0 Å². The van der Waals surface area contributed by atoms with Crippen LogP contribution in [0.5, 0.6) is 5.75 Å². The van der Waals surface area contributed by atoms with E-state index in [9.17, 15) is 5.11 Å². The summed E-state index contributed by atoms with van der Waals surface area (Å²) in [6, 6.07) is 4.36. The first-order valence-corrected chi connectivity index (χ1v) is 7.41. The van der Waals surface area contributed by atoms with E-state index in [1.807, 2.05) is 37.6 Å². The summed E-state index contributed by atoms with van der Waals surface area (Å²) in [6.07, 6.45) is 2.86. The minimum atomic E-state index is 0.300. The van der Waals surface area contributed by atoms with Crippen LogP contribution in [0.2, 0.25) is 0 Å². The molecule has 1 aromatic heterocycles. The topological polar surface area (TPSA) is 45.1 Å². The fraction of sp³-hybridized carbons (Fsp3) is 0.400. The fourth-order valence-corrected chi connectivity index (χ4v) is 3.00. The van der Waals surface area contributed by atoms with Crippen molar-refractivity contribution < 1.29 is 5.11 Å².